The molecule has 2 N–H and O–H groups in total. The van der Waals surface area contributed by atoms with Crippen molar-refractivity contribution in [1.82, 2.24) is 4.90 Å². The summed E-state index contributed by atoms with van der Waals surface area (Å²) < 4.78 is 27.6. The summed E-state index contributed by atoms with van der Waals surface area (Å²) in [5.74, 6) is -0.132. The summed E-state index contributed by atoms with van der Waals surface area (Å²) in [5.41, 5.74) is 0. The fourth-order valence-electron chi connectivity index (χ4n) is 0.458. The molecule has 0 saturated carbocycles. The van der Waals surface area contributed by atoms with E-state index in [1.165, 1.54) is 0 Å². The third-order valence-corrected chi connectivity index (χ3v) is 1.93. The van der Waals surface area contributed by atoms with Crippen molar-refractivity contribution in [3.05, 3.63) is 0 Å². The highest BCUT2D eigenvalue weighted by Gasteiger charge is 1.98. The van der Waals surface area contributed by atoms with Crippen molar-refractivity contribution < 1.29 is 18.1 Å². The summed E-state index contributed by atoms with van der Waals surface area (Å²) in [4.78, 5) is 1.93. The van der Waals surface area contributed by atoms with E-state index in [0.717, 1.165) is 6.54 Å². The molecule has 0 aliphatic heterocycles. The lowest BCUT2D eigenvalue weighted by Crippen LogP contribution is -2.15. The summed E-state index contributed by atoms with van der Waals surface area (Å²) in [5, 5.41) is 8.20. The SMILES string of the molecule is CCCS(=O)(=O)O.CN(C)CCO. The summed E-state index contributed by atoms with van der Waals surface area (Å²) in [6.07, 6.45) is 0.471. The predicted molar refractivity (Wildman–Crippen MR) is 52.3 cm³/mol. The van der Waals surface area contributed by atoms with Gasteiger partial charge in [0.15, 0.2) is 0 Å². The first-order valence-corrected chi connectivity index (χ1v) is 5.65. The lowest BCUT2D eigenvalue weighted by Gasteiger charge is -2.03. The molecular formula is C7H19NO4S. The minimum atomic E-state index is -3.67. The van der Waals surface area contributed by atoms with Crippen LogP contribution in [0.15, 0.2) is 0 Å². The number of rotatable bonds is 4. The fourth-order valence-corrected chi connectivity index (χ4v) is 0.974. The van der Waals surface area contributed by atoms with Crippen LogP contribution in [-0.2, 0) is 10.1 Å². The molecule has 0 heterocycles. The maximum absolute atomic E-state index is 9.79. The van der Waals surface area contributed by atoms with E-state index in [0.29, 0.717) is 6.42 Å². The highest BCUT2D eigenvalue weighted by molar-refractivity contribution is 7.85. The van der Waals surface area contributed by atoms with Crippen LogP contribution in [0.25, 0.3) is 0 Å². The molecule has 0 radical (unpaired) electrons. The monoisotopic (exact) mass is 213 g/mol. The zero-order valence-corrected chi connectivity index (χ0v) is 9.21. The molecule has 82 valence electrons. The molecule has 0 bridgehead atoms. The molecule has 0 unspecified atom stereocenters. The third kappa shape index (κ3) is 24.5. The third-order valence-electron chi connectivity index (χ3n) is 1.01. The van der Waals surface area contributed by atoms with Crippen LogP contribution < -0.4 is 0 Å². The van der Waals surface area contributed by atoms with Crippen molar-refractivity contribution in [2.45, 2.75) is 13.3 Å². The van der Waals surface area contributed by atoms with E-state index in [1.54, 1.807) is 6.92 Å². The van der Waals surface area contributed by atoms with Gasteiger partial charge in [0.2, 0.25) is 0 Å². The standard InChI is InChI=1S/C4H11NO.C3H8O3S/c1-5(2)3-4-6;1-2-3-7(4,5)6/h6H,3-4H2,1-2H3;2-3H2,1H3,(H,4,5,6). The average Bonchev–Trinajstić information content (AvgIpc) is 1.84. The van der Waals surface area contributed by atoms with Crippen LogP contribution in [0.4, 0.5) is 0 Å². The van der Waals surface area contributed by atoms with Gasteiger partial charge in [0, 0.05) is 6.54 Å². The largest absolute Gasteiger partial charge is 0.395 e. The van der Waals surface area contributed by atoms with Crippen LogP contribution in [0, 0.1) is 0 Å². The van der Waals surface area contributed by atoms with Gasteiger partial charge >= 0.3 is 0 Å². The van der Waals surface area contributed by atoms with E-state index < -0.39 is 10.1 Å². The van der Waals surface area contributed by atoms with Crippen molar-refractivity contribution in [3.63, 3.8) is 0 Å². The number of hydrogen-bond donors (Lipinski definition) is 2. The Morgan fingerprint density at radius 1 is 1.31 bits per heavy atom. The van der Waals surface area contributed by atoms with Crippen LogP contribution in [0.1, 0.15) is 13.3 Å². The molecular weight excluding hydrogens is 194 g/mol. The first kappa shape index (κ1) is 15.3. The number of hydrogen-bond acceptors (Lipinski definition) is 4. The molecule has 0 aromatic carbocycles. The summed E-state index contributed by atoms with van der Waals surface area (Å²) in [6, 6.07) is 0. The second-order valence-corrected chi connectivity index (χ2v) is 4.38. The lowest BCUT2D eigenvalue weighted by molar-refractivity contribution is 0.243. The maximum atomic E-state index is 9.79. The number of likely N-dealkylation sites (N-methyl/N-ethyl adjacent to an activating group) is 1. The van der Waals surface area contributed by atoms with Crippen molar-refractivity contribution >= 4 is 10.1 Å². The number of nitrogens with zero attached hydrogens (tertiary/aromatic N) is 1. The Kier molecular flexibility index (Phi) is 9.93. The summed E-state index contributed by atoms with van der Waals surface area (Å²) in [6.45, 7) is 2.71. The van der Waals surface area contributed by atoms with Gasteiger partial charge in [0.1, 0.15) is 0 Å². The van der Waals surface area contributed by atoms with Crippen molar-refractivity contribution in [3.8, 4) is 0 Å². The highest BCUT2D eigenvalue weighted by atomic mass is 32.2. The molecule has 0 atom stereocenters. The molecule has 0 aromatic rings. The molecule has 0 saturated heterocycles. The van der Waals surface area contributed by atoms with Gasteiger partial charge in [0.25, 0.3) is 10.1 Å². The quantitative estimate of drug-likeness (QED) is 0.634. The van der Waals surface area contributed by atoms with E-state index in [2.05, 4.69) is 0 Å². The Labute approximate surface area is 80.1 Å². The number of aliphatic hydroxyl groups excluding tert-OH is 1. The Bertz CT molecular complexity index is 189. The second-order valence-electron chi connectivity index (χ2n) is 2.81. The zero-order chi connectivity index (χ0) is 10.9. The van der Waals surface area contributed by atoms with E-state index in [1.807, 2.05) is 19.0 Å². The van der Waals surface area contributed by atoms with Gasteiger partial charge in [-0.3, -0.25) is 4.55 Å². The van der Waals surface area contributed by atoms with Gasteiger partial charge in [-0.2, -0.15) is 8.42 Å². The van der Waals surface area contributed by atoms with Crippen molar-refractivity contribution in [1.29, 1.82) is 0 Å². The minimum Gasteiger partial charge on any atom is -0.395 e. The zero-order valence-electron chi connectivity index (χ0n) is 8.39. The topological polar surface area (TPSA) is 77.8 Å². The van der Waals surface area contributed by atoms with Crippen LogP contribution in [0.5, 0.6) is 0 Å². The van der Waals surface area contributed by atoms with Gasteiger partial charge in [-0.15, -0.1) is 0 Å². The number of aliphatic hydroxyl groups is 1. The first-order chi connectivity index (χ1) is 5.83. The molecule has 0 amide bonds. The molecule has 0 spiro atoms. The van der Waals surface area contributed by atoms with Gasteiger partial charge in [-0.05, 0) is 20.5 Å². The fraction of sp³-hybridized carbons (Fsp3) is 1.00. The normalized spacial score (nSPS) is 10.9. The Morgan fingerprint density at radius 3 is 1.77 bits per heavy atom. The summed E-state index contributed by atoms with van der Waals surface area (Å²) >= 11 is 0. The molecule has 0 aromatic heterocycles. The molecule has 0 aliphatic carbocycles. The second kappa shape index (κ2) is 8.43. The Balaban J connectivity index is 0. The maximum Gasteiger partial charge on any atom is 0.264 e. The van der Waals surface area contributed by atoms with E-state index in [9.17, 15) is 8.42 Å². The van der Waals surface area contributed by atoms with E-state index in [4.69, 9.17) is 9.66 Å². The van der Waals surface area contributed by atoms with Crippen LogP contribution in [0.2, 0.25) is 0 Å². The smallest absolute Gasteiger partial charge is 0.264 e. The van der Waals surface area contributed by atoms with Crippen molar-refractivity contribution in [2.75, 3.05) is 33.0 Å². The van der Waals surface area contributed by atoms with Crippen molar-refractivity contribution in [2.24, 2.45) is 0 Å². The molecule has 5 nitrogen and oxygen atoms in total. The van der Waals surface area contributed by atoms with Gasteiger partial charge in [0.05, 0.1) is 12.4 Å². The lowest BCUT2D eigenvalue weighted by atomic mass is 10.6. The van der Waals surface area contributed by atoms with Gasteiger partial charge < -0.3 is 10.0 Å². The predicted octanol–water partition coefficient (Wildman–Crippen LogP) is -0.175. The molecule has 0 fully saturated rings. The molecule has 0 rings (SSSR count). The van der Waals surface area contributed by atoms with Crippen LogP contribution >= 0.6 is 0 Å². The summed E-state index contributed by atoms with van der Waals surface area (Å²) in [7, 11) is 0.179. The Morgan fingerprint density at radius 2 is 1.77 bits per heavy atom. The molecule has 0 aliphatic rings. The van der Waals surface area contributed by atoms with E-state index in [-0.39, 0.29) is 12.4 Å². The van der Waals surface area contributed by atoms with Gasteiger partial charge in [-0.25, -0.2) is 0 Å². The minimum absolute atomic E-state index is 0.132. The first-order valence-electron chi connectivity index (χ1n) is 4.04. The van der Waals surface area contributed by atoms with Crippen LogP contribution in [-0.4, -0.2) is 56.0 Å². The highest BCUT2D eigenvalue weighted by Crippen LogP contribution is 1.83. The Hall–Kier alpha value is -0.170. The van der Waals surface area contributed by atoms with Gasteiger partial charge in [-0.1, -0.05) is 6.92 Å². The molecule has 13 heavy (non-hydrogen) atoms. The van der Waals surface area contributed by atoms with Crippen LogP contribution in [0.3, 0.4) is 0 Å². The van der Waals surface area contributed by atoms with E-state index >= 15 is 0 Å². The molecule has 6 heteroatoms. The average molecular weight is 213 g/mol.